The first-order valence-electron chi connectivity index (χ1n) is 11.6. The second-order valence-corrected chi connectivity index (χ2v) is 8.28. The summed E-state index contributed by atoms with van der Waals surface area (Å²) in [7, 11) is 0. The molecule has 1 aliphatic carbocycles. The molecule has 0 saturated heterocycles. The van der Waals surface area contributed by atoms with Crippen molar-refractivity contribution < 1.29 is 9.47 Å². The van der Waals surface area contributed by atoms with Crippen molar-refractivity contribution in [3.05, 3.63) is 35.9 Å². The van der Waals surface area contributed by atoms with Gasteiger partial charge in [0, 0.05) is 32.6 Å². The second-order valence-electron chi connectivity index (χ2n) is 8.28. The SMILES string of the molecule is CCc1nncn1CCNC(=NCC1CCCCC1)NCCc1ccc2c(c1)OCO2. The van der Waals surface area contributed by atoms with E-state index in [1.54, 1.807) is 6.33 Å². The quantitative estimate of drug-likeness (QED) is 0.474. The van der Waals surface area contributed by atoms with Gasteiger partial charge >= 0.3 is 0 Å². The van der Waals surface area contributed by atoms with Gasteiger partial charge in [-0.25, -0.2) is 0 Å². The maximum absolute atomic E-state index is 5.49. The Labute approximate surface area is 184 Å². The molecule has 1 aromatic heterocycles. The van der Waals surface area contributed by atoms with E-state index < -0.39 is 0 Å². The number of guanidine groups is 1. The summed E-state index contributed by atoms with van der Waals surface area (Å²) in [6, 6.07) is 6.15. The first kappa shape index (κ1) is 21.5. The zero-order chi connectivity index (χ0) is 21.3. The molecular formula is C23H34N6O2. The van der Waals surface area contributed by atoms with Gasteiger partial charge in [-0.05, 0) is 42.9 Å². The number of aromatic nitrogens is 3. The van der Waals surface area contributed by atoms with Gasteiger partial charge in [0.2, 0.25) is 6.79 Å². The lowest BCUT2D eigenvalue weighted by Gasteiger charge is -2.20. The van der Waals surface area contributed by atoms with E-state index in [0.717, 1.165) is 62.3 Å². The number of nitrogens with zero attached hydrogens (tertiary/aromatic N) is 4. The molecule has 0 spiro atoms. The molecule has 31 heavy (non-hydrogen) atoms. The van der Waals surface area contributed by atoms with E-state index in [2.05, 4.69) is 44.5 Å². The van der Waals surface area contributed by atoms with Crippen molar-refractivity contribution >= 4 is 5.96 Å². The van der Waals surface area contributed by atoms with Crippen molar-refractivity contribution in [2.75, 3.05) is 26.4 Å². The van der Waals surface area contributed by atoms with Crippen LogP contribution < -0.4 is 20.1 Å². The van der Waals surface area contributed by atoms with Gasteiger partial charge in [0.15, 0.2) is 17.5 Å². The fourth-order valence-electron chi connectivity index (χ4n) is 4.22. The molecule has 1 saturated carbocycles. The molecule has 0 amide bonds. The minimum Gasteiger partial charge on any atom is -0.454 e. The Morgan fingerprint density at radius 1 is 1.13 bits per heavy atom. The molecule has 1 fully saturated rings. The zero-order valence-electron chi connectivity index (χ0n) is 18.5. The Morgan fingerprint density at radius 3 is 2.84 bits per heavy atom. The monoisotopic (exact) mass is 426 g/mol. The number of benzene rings is 1. The number of aliphatic imine (C=N–C) groups is 1. The van der Waals surface area contributed by atoms with Crippen LogP contribution in [0.4, 0.5) is 0 Å². The summed E-state index contributed by atoms with van der Waals surface area (Å²) >= 11 is 0. The number of nitrogens with one attached hydrogen (secondary N) is 2. The molecule has 0 atom stereocenters. The number of hydrogen-bond acceptors (Lipinski definition) is 5. The van der Waals surface area contributed by atoms with Gasteiger partial charge in [-0.3, -0.25) is 4.99 Å². The van der Waals surface area contributed by atoms with Crippen LogP contribution in [-0.4, -0.2) is 47.2 Å². The van der Waals surface area contributed by atoms with Gasteiger partial charge in [0.25, 0.3) is 0 Å². The van der Waals surface area contributed by atoms with Crippen molar-refractivity contribution in [1.29, 1.82) is 0 Å². The zero-order valence-corrected chi connectivity index (χ0v) is 18.5. The summed E-state index contributed by atoms with van der Waals surface area (Å²) in [6.45, 7) is 5.72. The highest BCUT2D eigenvalue weighted by Crippen LogP contribution is 2.32. The smallest absolute Gasteiger partial charge is 0.231 e. The molecule has 168 valence electrons. The lowest BCUT2D eigenvalue weighted by Crippen LogP contribution is -2.40. The van der Waals surface area contributed by atoms with Crippen LogP contribution in [0.3, 0.4) is 0 Å². The fourth-order valence-corrected chi connectivity index (χ4v) is 4.22. The summed E-state index contributed by atoms with van der Waals surface area (Å²) in [5.74, 6) is 4.28. The molecule has 8 heteroatoms. The van der Waals surface area contributed by atoms with E-state index in [0.29, 0.717) is 12.7 Å². The Morgan fingerprint density at radius 2 is 1.97 bits per heavy atom. The van der Waals surface area contributed by atoms with Crippen LogP contribution in [0.1, 0.15) is 50.4 Å². The third-order valence-electron chi connectivity index (χ3n) is 6.03. The summed E-state index contributed by atoms with van der Waals surface area (Å²) in [5.41, 5.74) is 1.22. The van der Waals surface area contributed by atoms with Crippen LogP contribution in [-0.2, 0) is 19.4 Å². The molecule has 2 heterocycles. The Kier molecular flexibility index (Phi) is 7.63. The molecule has 4 rings (SSSR count). The highest BCUT2D eigenvalue weighted by atomic mass is 16.7. The predicted octanol–water partition coefficient (Wildman–Crippen LogP) is 2.93. The number of hydrogen-bond donors (Lipinski definition) is 2. The van der Waals surface area contributed by atoms with E-state index in [9.17, 15) is 0 Å². The Bertz CT molecular complexity index is 860. The van der Waals surface area contributed by atoms with Crippen LogP contribution in [0.2, 0.25) is 0 Å². The van der Waals surface area contributed by atoms with Crippen LogP contribution in [0.5, 0.6) is 11.5 Å². The van der Waals surface area contributed by atoms with Gasteiger partial charge in [-0.15, -0.1) is 10.2 Å². The third-order valence-corrected chi connectivity index (χ3v) is 6.03. The molecule has 1 aliphatic heterocycles. The Balaban J connectivity index is 1.30. The summed E-state index contributed by atoms with van der Waals surface area (Å²) in [5, 5.41) is 15.2. The predicted molar refractivity (Wildman–Crippen MR) is 121 cm³/mol. The van der Waals surface area contributed by atoms with E-state index >= 15 is 0 Å². The van der Waals surface area contributed by atoms with Crippen LogP contribution in [0.25, 0.3) is 0 Å². The van der Waals surface area contributed by atoms with Gasteiger partial charge in [0.05, 0.1) is 0 Å². The molecular weight excluding hydrogens is 392 g/mol. The van der Waals surface area contributed by atoms with E-state index in [4.69, 9.17) is 14.5 Å². The van der Waals surface area contributed by atoms with Gasteiger partial charge in [-0.1, -0.05) is 32.3 Å². The van der Waals surface area contributed by atoms with Crippen LogP contribution in [0, 0.1) is 5.92 Å². The largest absolute Gasteiger partial charge is 0.454 e. The van der Waals surface area contributed by atoms with Crippen LogP contribution >= 0.6 is 0 Å². The van der Waals surface area contributed by atoms with Crippen molar-refractivity contribution in [2.45, 2.75) is 58.4 Å². The lowest BCUT2D eigenvalue weighted by molar-refractivity contribution is 0.174. The maximum Gasteiger partial charge on any atom is 0.231 e. The Hall–Kier alpha value is -2.77. The number of aryl methyl sites for hydroxylation is 1. The molecule has 1 aromatic carbocycles. The van der Waals surface area contributed by atoms with Gasteiger partial charge < -0.3 is 24.7 Å². The number of rotatable bonds is 9. The standard InChI is InChI=1S/C23H34N6O2/c1-2-22-28-27-16-29(22)13-12-25-23(26-15-19-6-4-3-5-7-19)24-11-10-18-8-9-20-21(14-18)31-17-30-20/h8-9,14,16,19H,2-7,10-13,15,17H2,1H3,(H2,24,25,26). The van der Waals surface area contributed by atoms with Crippen molar-refractivity contribution in [3.63, 3.8) is 0 Å². The van der Waals surface area contributed by atoms with E-state index in [1.807, 2.05) is 6.07 Å². The topological polar surface area (TPSA) is 85.6 Å². The minimum absolute atomic E-state index is 0.311. The maximum atomic E-state index is 5.49. The molecule has 0 bridgehead atoms. The average molecular weight is 427 g/mol. The molecule has 0 radical (unpaired) electrons. The molecule has 0 unspecified atom stereocenters. The highest BCUT2D eigenvalue weighted by Gasteiger charge is 2.14. The van der Waals surface area contributed by atoms with Crippen LogP contribution in [0.15, 0.2) is 29.5 Å². The van der Waals surface area contributed by atoms with Gasteiger partial charge in [-0.2, -0.15) is 0 Å². The first-order valence-corrected chi connectivity index (χ1v) is 11.6. The van der Waals surface area contributed by atoms with Crippen molar-refractivity contribution in [2.24, 2.45) is 10.9 Å². The normalized spacial score (nSPS) is 16.5. The second kappa shape index (κ2) is 11.0. The third kappa shape index (κ3) is 6.12. The van der Waals surface area contributed by atoms with Crippen molar-refractivity contribution in [1.82, 2.24) is 25.4 Å². The van der Waals surface area contributed by atoms with E-state index in [1.165, 1.54) is 37.7 Å². The van der Waals surface area contributed by atoms with Gasteiger partial charge in [0.1, 0.15) is 12.2 Å². The highest BCUT2D eigenvalue weighted by molar-refractivity contribution is 5.79. The summed E-state index contributed by atoms with van der Waals surface area (Å²) < 4.78 is 13.0. The fraction of sp³-hybridized carbons (Fsp3) is 0.609. The van der Waals surface area contributed by atoms with Crippen molar-refractivity contribution in [3.8, 4) is 11.5 Å². The summed E-state index contributed by atoms with van der Waals surface area (Å²) in [6.07, 6.45) is 10.2. The molecule has 2 aliphatic rings. The lowest BCUT2D eigenvalue weighted by atomic mass is 9.89. The number of fused-ring (bicyclic) bond motifs is 1. The molecule has 2 N–H and O–H groups in total. The number of ether oxygens (including phenoxy) is 2. The molecule has 8 nitrogen and oxygen atoms in total. The average Bonchev–Trinajstić information content (AvgIpc) is 3.46. The minimum atomic E-state index is 0.311. The van der Waals surface area contributed by atoms with E-state index in [-0.39, 0.29) is 0 Å². The first-order chi connectivity index (χ1) is 15.3. The summed E-state index contributed by atoms with van der Waals surface area (Å²) in [4.78, 5) is 4.91. The molecule has 2 aromatic rings.